The molecule has 5 nitrogen and oxygen atoms in total. The SMILES string of the molecule is CN=C(NCCCC(=O)N1Cc2ccccc2C1)NCCc1ccc(Cl)cc1.I. The molecule has 1 aliphatic rings. The minimum atomic E-state index is 0. The van der Waals surface area contributed by atoms with E-state index >= 15 is 0 Å². The van der Waals surface area contributed by atoms with Crippen LogP contribution in [0.5, 0.6) is 0 Å². The second-order valence-electron chi connectivity index (χ2n) is 6.92. The first-order valence-electron chi connectivity index (χ1n) is 9.69. The van der Waals surface area contributed by atoms with Crippen LogP contribution in [0.2, 0.25) is 5.02 Å². The van der Waals surface area contributed by atoms with Crippen LogP contribution in [0.1, 0.15) is 29.5 Å². The van der Waals surface area contributed by atoms with Crippen molar-refractivity contribution >= 4 is 47.4 Å². The summed E-state index contributed by atoms with van der Waals surface area (Å²) in [6, 6.07) is 16.1. The average Bonchev–Trinajstić information content (AvgIpc) is 3.15. The number of carbonyl (C=O) groups excluding carboxylic acids is 1. The van der Waals surface area contributed by atoms with Crippen molar-refractivity contribution in [2.45, 2.75) is 32.4 Å². The fourth-order valence-electron chi connectivity index (χ4n) is 3.31. The van der Waals surface area contributed by atoms with Crippen molar-refractivity contribution in [2.75, 3.05) is 20.1 Å². The number of guanidine groups is 1. The molecule has 1 heterocycles. The standard InChI is InChI=1S/C22H27ClN4O.HI/c1-24-22(26-14-12-17-8-10-20(23)11-9-17)25-13-4-7-21(28)27-15-18-5-2-3-6-19(18)16-27;/h2-3,5-6,8-11H,4,7,12-16H2,1H3,(H2,24,25,26);1H. The van der Waals surface area contributed by atoms with E-state index in [9.17, 15) is 4.79 Å². The number of aliphatic imine (C=N–C) groups is 1. The van der Waals surface area contributed by atoms with Crippen LogP contribution in [0.3, 0.4) is 0 Å². The third kappa shape index (κ3) is 7.19. The maximum absolute atomic E-state index is 12.4. The lowest BCUT2D eigenvalue weighted by atomic mass is 10.1. The van der Waals surface area contributed by atoms with Gasteiger partial charge in [0.15, 0.2) is 5.96 Å². The molecule has 1 amide bonds. The zero-order chi connectivity index (χ0) is 19.8. The molecule has 0 unspecified atom stereocenters. The molecular weight excluding hydrogens is 499 g/mol. The van der Waals surface area contributed by atoms with Gasteiger partial charge in [0.25, 0.3) is 0 Å². The van der Waals surface area contributed by atoms with Gasteiger partial charge in [0, 0.05) is 44.7 Å². The van der Waals surface area contributed by atoms with E-state index in [1.807, 2.05) is 41.3 Å². The summed E-state index contributed by atoms with van der Waals surface area (Å²) < 4.78 is 0. The van der Waals surface area contributed by atoms with Crippen LogP contribution < -0.4 is 10.6 Å². The molecule has 0 fully saturated rings. The number of nitrogens with zero attached hydrogens (tertiary/aromatic N) is 2. The summed E-state index contributed by atoms with van der Waals surface area (Å²) in [6.45, 7) is 2.96. The topological polar surface area (TPSA) is 56.7 Å². The smallest absolute Gasteiger partial charge is 0.223 e. The van der Waals surface area contributed by atoms with Gasteiger partial charge in [-0.2, -0.15) is 0 Å². The normalized spacial score (nSPS) is 12.9. The van der Waals surface area contributed by atoms with Gasteiger partial charge in [0.2, 0.25) is 5.91 Å². The number of amides is 1. The lowest BCUT2D eigenvalue weighted by Gasteiger charge is -2.16. The molecule has 2 N–H and O–H groups in total. The Morgan fingerprint density at radius 2 is 1.66 bits per heavy atom. The predicted molar refractivity (Wildman–Crippen MR) is 130 cm³/mol. The molecule has 3 rings (SSSR count). The van der Waals surface area contributed by atoms with Crippen molar-refractivity contribution in [2.24, 2.45) is 4.99 Å². The first kappa shape index (κ1) is 23.5. The highest BCUT2D eigenvalue weighted by Crippen LogP contribution is 2.22. The van der Waals surface area contributed by atoms with Crippen LogP contribution in [-0.4, -0.2) is 36.9 Å². The van der Waals surface area contributed by atoms with Crippen LogP contribution in [-0.2, 0) is 24.3 Å². The lowest BCUT2D eigenvalue weighted by Crippen LogP contribution is -2.39. The van der Waals surface area contributed by atoms with E-state index in [4.69, 9.17) is 11.6 Å². The molecule has 0 bridgehead atoms. The summed E-state index contributed by atoms with van der Waals surface area (Å²) >= 11 is 5.91. The summed E-state index contributed by atoms with van der Waals surface area (Å²) in [5.74, 6) is 0.971. The molecule has 0 atom stereocenters. The molecule has 2 aromatic rings. The highest BCUT2D eigenvalue weighted by atomic mass is 127. The van der Waals surface area contributed by atoms with Crippen LogP contribution in [0.25, 0.3) is 0 Å². The van der Waals surface area contributed by atoms with Gasteiger partial charge >= 0.3 is 0 Å². The number of hydrogen-bond acceptors (Lipinski definition) is 2. The summed E-state index contributed by atoms with van der Waals surface area (Å²) in [4.78, 5) is 18.6. The van der Waals surface area contributed by atoms with Crippen molar-refractivity contribution in [3.63, 3.8) is 0 Å². The fraction of sp³-hybridized carbons (Fsp3) is 0.364. The maximum Gasteiger partial charge on any atom is 0.223 e. The molecular formula is C22H28ClIN4O. The third-order valence-corrected chi connectivity index (χ3v) is 5.15. The minimum Gasteiger partial charge on any atom is -0.356 e. The molecule has 0 saturated carbocycles. The number of benzene rings is 2. The Labute approximate surface area is 194 Å². The Bertz CT molecular complexity index is 801. The van der Waals surface area contributed by atoms with Crippen LogP contribution >= 0.6 is 35.6 Å². The summed E-state index contributed by atoms with van der Waals surface area (Å²) in [7, 11) is 1.75. The molecule has 29 heavy (non-hydrogen) atoms. The zero-order valence-corrected chi connectivity index (χ0v) is 19.7. The molecule has 156 valence electrons. The maximum atomic E-state index is 12.4. The van der Waals surface area contributed by atoms with Gasteiger partial charge in [-0.25, -0.2) is 0 Å². The molecule has 0 aliphatic carbocycles. The van der Waals surface area contributed by atoms with E-state index in [0.717, 1.165) is 43.5 Å². The number of carbonyl (C=O) groups is 1. The van der Waals surface area contributed by atoms with Crippen LogP contribution in [0, 0.1) is 0 Å². The number of fused-ring (bicyclic) bond motifs is 1. The van der Waals surface area contributed by atoms with Crippen LogP contribution in [0.4, 0.5) is 0 Å². The van der Waals surface area contributed by atoms with E-state index in [2.05, 4.69) is 27.8 Å². The third-order valence-electron chi connectivity index (χ3n) is 4.90. The highest BCUT2D eigenvalue weighted by Gasteiger charge is 2.22. The molecule has 0 spiro atoms. The van der Waals surface area contributed by atoms with Gasteiger partial charge < -0.3 is 15.5 Å². The molecule has 7 heteroatoms. The summed E-state index contributed by atoms with van der Waals surface area (Å²) in [5.41, 5.74) is 3.75. The second-order valence-corrected chi connectivity index (χ2v) is 7.36. The fourth-order valence-corrected chi connectivity index (χ4v) is 3.44. The monoisotopic (exact) mass is 526 g/mol. The van der Waals surface area contributed by atoms with Gasteiger partial charge in [-0.3, -0.25) is 9.79 Å². The van der Waals surface area contributed by atoms with E-state index < -0.39 is 0 Å². The second kappa shape index (κ2) is 12.0. The average molecular weight is 527 g/mol. The van der Waals surface area contributed by atoms with Gasteiger partial charge in [0.1, 0.15) is 0 Å². The Hall–Kier alpha value is -1.80. The first-order chi connectivity index (χ1) is 13.7. The Morgan fingerprint density at radius 1 is 1.03 bits per heavy atom. The highest BCUT2D eigenvalue weighted by molar-refractivity contribution is 14.0. The van der Waals surface area contributed by atoms with Crippen molar-refractivity contribution < 1.29 is 4.79 Å². The number of hydrogen-bond donors (Lipinski definition) is 2. The molecule has 0 aromatic heterocycles. The van der Waals surface area contributed by atoms with Crippen molar-refractivity contribution in [1.29, 1.82) is 0 Å². The lowest BCUT2D eigenvalue weighted by molar-refractivity contribution is -0.131. The van der Waals surface area contributed by atoms with Crippen molar-refractivity contribution in [3.05, 3.63) is 70.2 Å². The number of nitrogens with one attached hydrogen (secondary N) is 2. The summed E-state index contributed by atoms with van der Waals surface area (Å²) in [6.07, 6.45) is 2.22. The van der Waals surface area contributed by atoms with Gasteiger partial charge in [-0.1, -0.05) is 48.0 Å². The van der Waals surface area contributed by atoms with Gasteiger partial charge in [-0.05, 0) is 41.7 Å². The van der Waals surface area contributed by atoms with Crippen molar-refractivity contribution in [1.82, 2.24) is 15.5 Å². The predicted octanol–water partition coefficient (Wildman–Crippen LogP) is 3.99. The Balaban J connectivity index is 0.00000300. The van der Waals surface area contributed by atoms with Gasteiger partial charge in [-0.15, -0.1) is 24.0 Å². The van der Waals surface area contributed by atoms with E-state index in [-0.39, 0.29) is 29.9 Å². The number of halogens is 2. The molecule has 1 aliphatic heterocycles. The van der Waals surface area contributed by atoms with E-state index in [0.29, 0.717) is 13.0 Å². The molecule has 0 saturated heterocycles. The first-order valence-corrected chi connectivity index (χ1v) is 10.1. The molecule has 2 aromatic carbocycles. The molecule has 0 radical (unpaired) electrons. The van der Waals surface area contributed by atoms with E-state index in [1.54, 1.807) is 7.05 Å². The Morgan fingerprint density at radius 3 is 2.28 bits per heavy atom. The van der Waals surface area contributed by atoms with Gasteiger partial charge in [0.05, 0.1) is 0 Å². The minimum absolute atomic E-state index is 0. The Kier molecular flexibility index (Phi) is 9.73. The largest absolute Gasteiger partial charge is 0.356 e. The zero-order valence-electron chi connectivity index (χ0n) is 16.7. The van der Waals surface area contributed by atoms with Crippen molar-refractivity contribution in [3.8, 4) is 0 Å². The quantitative estimate of drug-likeness (QED) is 0.248. The van der Waals surface area contributed by atoms with E-state index in [1.165, 1.54) is 16.7 Å². The van der Waals surface area contributed by atoms with Crippen LogP contribution in [0.15, 0.2) is 53.5 Å². The summed E-state index contributed by atoms with van der Waals surface area (Å²) in [5, 5.41) is 7.32. The number of rotatable bonds is 7.